The van der Waals surface area contributed by atoms with Crippen LogP contribution in [-0.2, 0) is 16.1 Å². The summed E-state index contributed by atoms with van der Waals surface area (Å²) in [6.07, 6.45) is -0.359. The van der Waals surface area contributed by atoms with Crippen molar-refractivity contribution >= 4 is 29.4 Å². The van der Waals surface area contributed by atoms with E-state index in [1.54, 1.807) is 48.5 Å². The first kappa shape index (κ1) is 16.2. The average molecular weight is 344 g/mol. The van der Waals surface area contributed by atoms with Crippen LogP contribution >= 0.6 is 11.6 Å². The Bertz CT molecular complexity index is 833. The topological polar surface area (TPSA) is 74.7 Å². The molecule has 1 heterocycles. The third kappa shape index (κ3) is 2.90. The number of carboxylic acid groups (broad SMARTS) is 1. The van der Waals surface area contributed by atoms with E-state index in [0.717, 1.165) is 4.90 Å². The van der Waals surface area contributed by atoms with Gasteiger partial charge in [-0.1, -0.05) is 48.0 Å². The molecule has 1 aliphatic rings. The summed E-state index contributed by atoms with van der Waals surface area (Å²) < 4.78 is 0. The van der Waals surface area contributed by atoms with E-state index < -0.39 is 23.7 Å². The van der Waals surface area contributed by atoms with Gasteiger partial charge in [-0.15, -0.1) is 0 Å². The average Bonchev–Trinajstić information content (AvgIpc) is 2.57. The molecule has 2 aromatic rings. The van der Waals surface area contributed by atoms with Gasteiger partial charge in [0.1, 0.15) is 0 Å². The molecule has 0 aromatic heterocycles. The van der Waals surface area contributed by atoms with Crippen molar-refractivity contribution in [2.45, 2.75) is 18.9 Å². The van der Waals surface area contributed by atoms with Crippen molar-refractivity contribution in [1.82, 2.24) is 4.90 Å². The Morgan fingerprint density at radius 3 is 2.46 bits per heavy atom. The molecule has 6 heteroatoms. The van der Waals surface area contributed by atoms with Crippen molar-refractivity contribution in [3.8, 4) is 0 Å². The first-order valence-electron chi connectivity index (χ1n) is 7.39. The van der Waals surface area contributed by atoms with Crippen molar-refractivity contribution in [2.75, 3.05) is 0 Å². The summed E-state index contributed by atoms with van der Waals surface area (Å²) in [5, 5.41) is 9.57. The first-order chi connectivity index (χ1) is 11.5. The number of hydrogen-bond donors (Lipinski definition) is 1. The van der Waals surface area contributed by atoms with Crippen LogP contribution in [0.1, 0.15) is 33.8 Å². The molecule has 0 spiro atoms. The van der Waals surface area contributed by atoms with Crippen LogP contribution in [0.25, 0.3) is 0 Å². The lowest BCUT2D eigenvalue weighted by Gasteiger charge is -2.32. The number of amides is 2. The molecule has 0 saturated heterocycles. The van der Waals surface area contributed by atoms with Crippen molar-refractivity contribution in [1.29, 1.82) is 0 Å². The maximum absolute atomic E-state index is 12.7. The zero-order chi connectivity index (χ0) is 17.3. The Morgan fingerprint density at radius 1 is 1.08 bits per heavy atom. The number of imide groups is 1. The minimum atomic E-state index is -1.09. The lowest BCUT2D eigenvalue weighted by atomic mass is 9.86. The Balaban J connectivity index is 2.02. The molecule has 0 radical (unpaired) electrons. The molecule has 0 fully saturated rings. The van der Waals surface area contributed by atoms with Gasteiger partial charge in [-0.25, -0.2) is 0 Å². The summed E-state index contributed by atoms with van der Waals surface area (Å²) in [6.45, 7) is 0.0157. The van der Waals surface area contributed by atoms with E-state index in [4.69, 9.17) is 16.7 Å². The SMILES string of the molecule is O=C(O)CC1C(=O)N(Cc2ccccc2Cl)C(=O)c2ccccc21. The molecule has 1 atom stereocenters. The number of fused-ring (bicyclic) bond motifs is 1. The zero-order valence-corrected chi connectivity index (χ0v) is 13.4. The maximum atomic E-state index is 12.7. The Morgan fingerprint density at radius 2 is 1.75 bits per heavy atom. The van der Waals surface area contributed by atoms with Crippen molar-refractivity contribution in [3.63, 3.8) is 0 Å². The van der Waals surface area contributed by atoms with E-state index in [9.17, 15) is 14.4 Å². The Labute approximate surface area is 143 Å². The van der Waals surface area contributed by atoms with Gasteiger partial charge in [0.15, 0.2) is 0 Å². The van der Waals surface area contributed by atoms with Crippen molar-refractivity contribution < 1.29 is 19.5 Å². The summed E-state index contributed by atoms with van der Waals surface area (Å²) in [5.41, 5.74) is 1.45. The predicted molar refractivity (Wildman–Crippen MR) is 87.8 cm³/mol. The number of hydrogen-bond acceptors (Lipinski definition) is 3. The number of rotatable bonds is 4. The molecule has 2 aromatic carbocycles. The fourth-order valence-corrected chi connectivity index (χ4v) is 3.08. The fraction of sp³-hybridized carbons (Fsp3) is 0.167. The highest BCUT2D eigenvalue weighted by Gasteiger charge is 2.39. The molecule has 5 nitrogen and oxygen atoms in total. The van der Waals surface area contributed by atoms with Gasteiger partial charge in [-0.2, -0.15) is 0 Å². The number of carbonyl (C=O) groups excluding carboxylic acids is 2. The summed E-state index contributed by atoms with van der Waals surface area (Å²) in [7, 11) is 0. The van der Waals surface area contributed by atoms with Gasteiger partial charge in [0, 0.05) is 10.6 Å². The number of benzene rings is 2. The molecule has 0 bridgehead atoms. The van der Waals surface area contributed by atoms with Gasteiger partial charge in [-0.3, -0.25) is 19.3 Å². The standard InChI is InChI=1S/C18H14ClNO4/c19-15-8-4-1-5-11(15)10-20-17(23)13-7-3-2-6-12(13)14(18(20)24)9-16(21)22/h1-8,14H,9-10H2,(H,21,22). The maximum Gasteiger partial charge on any atom is 0.304 e. The lowest BCUT2D eigenvalue weighted by molar-refractivity contribution is -0.141. The molecule has 0 saturated carbocycles. The molecular weight excluding hydrogens is 330 g/mol. The molecule has 122 valence electrons. The summed E-state index contributed by atoms with van der Waals surface area (Å²) in [4.78, 5) is 37.7. The highest BCUT2D eigenvalue weighted by molar-refractivity contribution is 6.31. The molecule has 24 heavy (non-hydrogen) atoms. The van der Waals surface area contributed by atoms with E-state index in [-0.39, 0.29) is 13.0 Å². The van der Waals surface area contributed by atoms with Crippen LogP contribution in [0.2, 0.25) is 5.02 Å². The van der Waals surface area contributed by atoms with Gasteiger partial charge >= 0.3 is 5.97 Å². The number of nitrogens with zero attached hydrogens (tertiary/aromatic N) is 1. The van der Waals surface area contributed by atoms with E-state index in [0.29, 0.717) is 21.7 Å². The third-order valence-corrected chi connectivity index (χ3v) is 4.41. The van der Waals surface area contributed by atoms with Gasteiger partial charge in [0.25, 0.3) is 5.91 Å². The second kappa shape index (κ2) is 6.45. The smallest absolute Gasteiger partial charge is 0.304 e. The molecule has 1 unspecified atom stereocenters. The number of aliphatic carboxylic acids is 1. The van der Waals surface area contributed by atoms with Crippen LogP contribution in [0.5, 0.6) is 0 Å². The van der Waals surface area contributed by atoms with Crippen LogP contribution in [-0.4, -0.2) is 27.8 Å². The zero-order valence-electron chi connectivity index (χ0n) is 12.6. The number of carboxylic acids is 1. The van der Waals surface area contributed by atoms with Crippen LogP contribution in [0, 0.1) is 0 Å². The number of halogens is 1. The Kier molecular flexibility index (Phi) is 4.36. The molecular formula is C18H14ClNO4. The van der Waals surface area contributed by atoms with E-state index in [2.05, 4.69) is 0 Å². The van der Waals surface area contributed by atoms with E-state index in [1.165, 1.54) is 0 Å². The van der Waals surface area contributed by atoms with E-state index in [1.807, 2.05) is 0 Å². The van der Waals surface area contributed by atoms with Gasteiger partial charge in [-0.05, 0) is 23.3 Å². The normalized spacial score (nSPS) is 16.9. The second-order valence-corrected chi connectivity index (χ2v) is 5.97. The van der Waals surface area contributed by atoms with Gasteiger partial charge < -0.3 is 5.11 Å². The minimum absolute atomic E-state index is 0.0157. The lowest BCUT2D eigenvalue weighted by Crippen LogP contribution is -2.44. The van der Waals surface area contributed by atoms with Crippen LogP contribution in [0.4, 0.5) is 0 Å². The largest absolute Gasteiger partial charge is 0.481 e. The summed E-state index contributed by atoms with van der Waals surface area (Å²) >= 11 is 6.12. The minimum Gasteiger partial charge on any atom is -0.481 e. The molecule has 1 aliphatic heterocycles. The van der Waals surface area contributed by atoms with Crippen LogP contribution in [0.15, 0.2) is 48.5 Å². The molecule has 2 amide bonds. The molecule has 1 N–H and O–H groups in total. The van der Waals surface area contributed by atoms with E-state index >= 15 is 0 Å². The first-order valence-corrected chi connectivity index (χ1v) is 7.76. The number of carbonyl (C=O) groups is 3. The Hall–Kier alpha value is -2.66. The molecule has 3 rings (SSSR count). The molecule has 0 aliphatic carbocycles. The van der Waals surface area contributed by atoms with Crippen LogP contribution in [0.3, 0.4) is 0 Å². The highest BCUT2D eigenvalue weighted by atomic mass is 35.5. The highest BCUT2D eigenvalue weighted by Crippen LogP contribution is 2.33. The van der Waals surface area contributed by atoms with Crippen molar-refractivity contribution in [3.05, 3.63) is 70.2 Å². The summed E-state index contributed by atoms with van der Waals surface area (Å²) in [6, 6.07) is 13.6. The monoisotopic (exact) mass is 343 g/mol. The summed E-state index contributed by atoms with van der Waals surface area (Å²) in [5.74, 6) is -2.91. The van der Waals surface area contributed by atoms with Crippen LogP contribution < -0.4 is 0 Å². The fourth-order valence-electron chi connectivity index (χ4n) is 2.88. The van der Waals surface area contributed by atoms with Crippen molar-refractivity contribution in [2.24, 2.45) is 0 Å². The predicted octanol–water partition coefficient (Wildman–Crippen LogP) is 3.08. The second-order valence-electron chi connectivity index (χ2n) is 5.56. The van der Waals surface area contributed by atoms with Gasteiger partial charge in [0.2, 0.25) is 5.91 Å². The quantitative estimate of drug-likeness (QED) is 0.866. The van der Waals surface area contributed by atoms with Gasteiger partial charge in [0.05, 0.1) is 18.9 Å². The third-order valence-electron chi connectivity index (χ3n) is 4.04.